The summed E-state index contributed by atoms with van der Waals surface area (Å²) >= 11 is 0. The summed E-state index contributed by atoms with van der Waals surface area (Å²) in [6, 6.07) is 3.97. The number of anilines is 1. The lowest BCUT2D eigenvalue weighted by Crippen LogP contribution is -2.32. The van der Waals surface area contributed by atoms with Crippen molar-refractivity contribution in [3.8, 4) is 0 Å². The van der Waals surface area contributed by atoms with Crippen LogP contribution in [0.4, 0.5) is 5.69 Å². The van der Waals surface area contributed by atoms with Crippen molar-refractivity contribution in [1.29, 1.82) is 0 Å². The van der Waals surface area contributed by atoms with Crippen molar-refractivity contribution in [2.75, 3.05) is 18.4 Å². The molecule has 6 amide bonds. The Morgan fingerprint density at radius 3 is 2.26 bits per heavy atom. The molecule has 0 saturated carbocycles. The fourth-order valence-electron chi connectivity index (χ4n) is 3.75. The number of carbonyl (C=O) groups is 7. The average Bonchev–Trinajstić information content (AvgIpc) is 3.36. The molecule has 0 radical (unpaired) electrons. The molecule has 1 saturated heterocycles. The van der Waals surface area contributed by atoms with Crippen LogP contribution >= 0.6 is 0 Å². The third-order valence-electron chi connectivity index (χ3n) is 5.90. The second-order valence-electron chi connectivity index (χ2n) is 9.33. The maximum absolute atomic E-state index is 12.8. The predicted octanol–water partition coefficient (Wildman–Crippen LogP) is 1.72. The zero-order chi connectivity index (χ0) is 27.8. The monoisotopic (exact) mass is 526 g/mol. The van der Waals surface area contributed by atoms with Crippen LogP contribution in [0.1, 0.15) is 73.1 Å². The fraction of sp³-hybridized carbons (Fsp3) is 0.423. The molecule has 38 heavy (non-hydrogen) atoms. The van der Waals surface area contributed by atoms with E-state index in [9.17, 15) is 33.6 Å². The van der Waals surface area contributed by atoms with Crippen LogP contribution in [0.5, 0.6) is 0 Å². The van der Waals surface area contributed by atoms with Gasteiger partial charge >= 0.3 is 5.97 Å². The third kappa shape index (κ3) is 7.34. The molecule has 0 atom stereocenters. The third-order valence-corrected chi connectivity index (χ3v) is 5.90. The van der Waals surface area contributed by atoms with Crippen molar-refractivity contribution in [2.45, 2.75) is 52.4 Å². The summed E-state index contributed by atoms with van der Waals surface area (Å²) in [5.74, 6) is -3.66. The van der Waals surface area contributed by atoms with Crippen LogP contribution in [0.15, 0.2) is 30.4 Å². The maximum Gasteiger partial charge on any atom is 0.366 e. The predicted molar refractivity (Wildman–Crippen MR) is 133 cm³/mol. The quantitative estimate of drug-likeness (QED) is 0.308. The van der Waals surface area contributed by atoms with Gasteiger partial charge in [0.1, 0.15) is 0 Å². The number of hydrogen-bond acceptors (Lipinski definition) is 8. The molecule has 2 heterocycles. The van der Waals surface area contributed by atoms with Crippen LogP contribution in [0, 0.1) is 5.92 Å². The number of hydroxylamine groups is 2. The molecule has 3 rings (SSSR count). The van der Waals surface area contributed by atoms with Crippen molar-refractivity contribution in [1.82, 2.24) is 15.3 Å². The molecule has 0 unspecified atom stereocenters. The zero-order valence-electron chi connectivity index (χ0n) is 21.3. The molecule has 202 valence electrons. The Labute approximate surface area is 219 Å². The van der Waals surface area contributed by atoms with E-state index in [0.717, 1.165) is 11.3 Å². The molecule has 0 spiro atoms. The number of unbranched alkanes of at least 4 members (excludes halogenated alkanes) is 1. The summed E-state index contributed by atoms with van der Waals surface area (Å²) in [4.78, 5) is 91.0. The number of carbonyl (C=O) groups excluding carboxylic acids is 7. The topological polar surface area (TPSA) is 159 Å². The SMILES string of the molecule is CC(C)CCNC(=O)c1ccc(C(=O)ON2C(=O)CCC2=O)c(NC(=O)CCCCN2C(=O)C=CC2=O)c1. The van der Waals surface area contributed by atoms with Crippen molar-refractivity contribution < 1.29 is 38.4 Å². The number of rotatable bonds is 12. The summed E-state index contributed by atoms with van der Waals surface area (Å²) in [5, 5.41) is 5.76. The lowest BCUT2D eigenvalue weighted by molar-refractivity contribution is -0.172. The molecule has 12 nitrogen and oxygen atoms in total. The highest BCUT2D eigenvalue weighted by Gasteiger charge is 2.34. The summed E-state index contributed by atoms with van der Waals surface area (Å²) in [5.41, 5.74) is 0.0149. The highest BCUT2D eigenvalue weighted by Crippen LogP contribution is 2.22. The number of hydrogen-bond donors (Lipinski definition) is 2. The smallest absolute Gasteiger partial charge is 0.352 e. The second-order valence-corrected chi connectivity index (χ2v) is 9.33. The van der Waals surface area contributed by atoms with E-state index in [1.807, 2.05) is 13.8 Å². The Morgan fingerprint density at radius 2 is 1.63 bits per heavy atom. The molecule has 12 heteroatoms. The van der Waals surface area contributed by atoms with Gasteiger partial charge in [0.05, 0.1) is 11.3 Å². The van der Waals surface area contributed by atoms with E-state index in [0.29, 0.717) is 30.4 Å². The highest BCUT2D eigenvalue weighted by atomic mass is 16.7. The second kappa shape index (κ2) is 12.7. The van der Waals surface area contributed by atoms with Crippen LogP contribution in [-0.2, 0) is 28.8 Å². The molecule has 1 aromatic carbocycles. The molecule has 0 aliphatic carbocycles. The van der Waals surface area contributed by atoms with Crippen LogP contribution in [-0.4, -0.2) is 64.5 Å². The molecule has 1 aromatic rings. The highest BCUT2D eigenvalue weighted by molar-refractivity contribution is 6.13. The largest absolute Gasteiger partial charge is 0.366 e. The fourth-order valence-corrected chi connectivity index (χ4v) is 3.75. The molecular formula is C26H30N4O8. The van der Waals surface area contributed by atoms with Gasteiger partial charge in [0.25, 0.3) is 29.5 Å². The zero-order valence-corrected chi connectivity index (χ0v) is 21.3. The summed E-state index contributed by atoms with van der Waals surface area (Å²) in [6.07, 6.45) is 3.73. The van der Waals surface area contributed by atoms with Crippen LogP contribution in [0.25, 0.3) is 0 Å². The Balaban J connectivity index is 1.68. The van der Waals surface area contributed by atoms with Gasteiger partial charge in [-0.2, -0.15) is 0 Å². The van der Waals surface area contributed by atoms with Crippen LogP contribution in [0.3, 0.4) is 0 Å². The number of benzene rings is 1. The van der Waals surface area contributed by atoms with Crippen molar-refractivity contribution in [3.05, 3.63) is 41.5 Å². The van der Waals surface area contributed by atoms with Gasteiger partial charge in [-0.3, -0.25) is 33.7 Å². The number of nitrogens with zero attached hydrogens (tertiary/aromatic N) is 2. The summed E-state index contributed by atoms with van der Waals surface area (Å²) in [7, 11) is 0. The molecule has 2 aliphatic rings. The van der Waals surface area contributed by atoms with E-state index >= 15 is 0 Å². The minimum absolute atomic E-state index is 0.00600. The van der Waals surface area contributed by atoms with Gasteiger partial charge in [0, 0.05) is 50.1 Å². The van der Waals surface area contributed by atoms with E-state index in [4.69, 9.17) is 4.84 Å². The van der Waals surface area contributed by atoms with Gasteiger partial charge in [0.2, 0.25) is 5.91 Å². The normalized spacial score (nSPS) is 15.0. The molecule has 2 aliphatic heterocycles. The van der Waals surface area contributed by atoms with Crippen LogP contribution < -0.4 is 10.6 Å². The van der Waals surface area contributed by atoms with Crippen LogP contribution in [0.2, 0.25) is 0 Å². The van der Waals surface area contributed by atoms with Gasteiger partial charge < -0.3 is 15.5 Å². The maximum atomic E-state index is 12.8. The van der Waals surface area contributed by atoms with Gasteiger partial charge in [-0.05, 0) is 43.4 Å². The van der Waals surface area contributed by atoms with E-state index in [2.05, 4.69) is 10.6 Å². The Bertz CT molecular complexity index is 1160. The number of nitrogens with one attached hydrogen (secondary N) is 2. The van der Waals surface area contributed by atoms with Gasteiger partial charge in [0.15, 0.2) is 0 Å². The minimum atomic E-state index is -1.05. The van der Waals surface area contributed by atoms with E-state index in [-0.39, 0.29) is 42.6 Å². The molecular weight excluding hydrogens is 496 g/mol. The summed E-state index contributed by atoms with van der Waals surface area (Å²) in [6.45, 7) is 4.65. The Kier molecular flexibility index (Phi) is 9.47. The first kappa shape index (κ1) is 28.2. The molecule has 0 bridgehead atoms. The van der Waals surface area contributed by atoms with Crippen molar-refractivity contribution in [3.63, 3.8) is 0 Å². The van der Waals surface area contributed by atoms with E-state index in [1.165, 1.54) is 30.4 Å². The van der Waals surface area contributed by atoms with Crippen molar-refractivity contribution in [2.24, 2.45) is 5.92 Å². The van der Waals surface area contributed by atoms with Gasteiger partial charge in [-0.1, -0.05) is 13.8 Å². The Morgan fingerprint density at radius 1 is 0.974 bits per heavy atom. The van der Waals surface area contributed by atoms with E-state index < -0.39 is 41.4 Å². The van der Waals surface area contributed by atoms with Gasteiger partial charge in [-0.25, -0.2) is 4.79 Å². The van der Waals surface area contributed by atoms with Gasteiger partial charge in [-0.15, -0.1) is 5.06 Å². The average molecular weight is 527 g/mol. The number of amides is 6. The molecule has 2 N–H and O–H groups in total. The standard InChI is InChI=1S/C26H30N4O8/c1-16(2)12-13-27-25(36)17-6-7-18(26(37)38-30-23(34)10-11-24(30)35)19(15-17)28-20(31)5-3-4-14-29-21(32)8-9-22(29)33/h6-9,15-16H,3-5,10-14H2,1-2H3,(H,27,36)(H,28,31). The Hall–Kier alpha value is -4.35. The van der Waals surface area contributed by atoms with E-state index in [1.54, 1.807) is 0 Å². The lowest BCUT2D eigenvalue weighted by atomic mass is 10.1. The summed E-state index contributed by atoms with van der Waals surface area (Å²) < 4.78 is 0. The first-order valence-corrected chi connectivity index (χ1v) is 12.4. The lowest BCUT2D eigenvalue weighted by Gasteiger charge is -2.16. The first-order chi connectivity index (χ1) is 18.1. The first-order valence-electron chi connectivity index (χ1n) is 12.4. The minimum Gasteiger partial charge on any atom is -0.352 e. The molecule has 1 fully saturated rings. The molecule has 0 aromatic heterocycles. The number of imide groups is 2. The van der Waals surface area contributed by atoms with Crippen molar-refractivity contribution >= 4 is 47.1 Å².